The smallest absolute Gasteiger partial charge is 0.475 e. The molecule has 3 rings (SSSR count). The Hall–Kier alpha value is -3.16. The van der Waals surface area contributed by atoms with Crippen LogP contribution < -0.4 is 10.6 Å². The van der Waals surface area contributed by atoms with Crippen molar-refractivity contribution in [1.29, 1.82) is 0 Å². The fraction of sp³-hybridized carbons (Fsp3) is 0.412. The third-order valence-corrected chi connectivity index (χ3v) is 4.00. The predicted octanol–water partition coefficient (Wildman–Crippen LogP) is 3.12. The molecule has 1 aromatic heterocycles. The first-order valence-electron chi connectivity index (χ1n) is 8.70. The van der Waals surface area contributed by atoms with Gasteiger partial charge in [0.05, 0.1) is 5.56 Å². The number of aromatic nitrogens is 3. The molecule has 4 N–H and O–H groups in total. The minimum absolute atomic E-state index is 0.0756. The number of benzene rings is 1. The van der Waals surface area contributed by atoms with Crippen LogP contribution in [-0.2, 0) is 15.8 Å². The summed E-state index contributed by atoms with van der Waals surface area (Å²) in [6.45, 7) is 2.51. The number of nitrogens with one attached hydrogen (secondary N) is 3. The number of hydrogen-bond donors (Lipinski definition) is 4. The fourth-order valence-electron chi connectivity index (χ4n) is 2.42. The van der Waals surface area contributed by atoms with E-state index in [0.29, 0.717) is 5.82 Å². The lowest BCUT2D eigenvalue weighted by molar-refractivity contribution is -0.192. The van der Waals surface area contributed by atoms with Crippen LogP contribution in [0.25, 0.3) is 11.4 Å². The number of anilines is 1. The summed E-state index contributed by atoms with van der Waals surface area (Å²) in [5, 5.41) is 19.2. The average Bonchev–Trinajstić information content (AvgIpc) is 3.03. The molecule has 14 heteroatoms. The van der Waals surface area contributed by atoms with Crippen molar-refractivity contribution in [3.8, 4) is 11.4 Å². The Morgan fingerprint density at radius 2 is 1.81 bits per heavy atom. The second-order valence-corrected chi connectivity index (χ2v) is 6.54. The molecule has 170 valence electrons. The molecule has 2 heterocycles. The monoisotopic (exact) mass is 453 g/mol. The average molecular weight is 453 g/mol. The van der Waals surface area contributed by atoms with Crippen LogP contribution in [0.3, 0.4) is 0 Å². The highest BCUT2D eigenvalue weighted by Gasteiger charge is 2.38. The maximum atomic E-state index is 13.1. The van der Waals surface area contributed by atoms with Gasteiger partial charge in [0.15, 0.2) is 5.82 Å². The van der Waals surface area contributed by atoms with Gasteiger partial charge in [-0.05, 0) is 38.1 Å². The summed E-state index contributed by atoms with van der Waals surface area (Å²) in [5.74, 6) is -2.45. The van der Waals surface area contributed by atoms with Crippen molar-refractivity contribution in [2.24, 2.45) is 0 Å². The van der Waals surface area contributed by atoms with Gasteiger partial charge in [-0.25, -0.2) is 9.78 Å². The molecule has 1 fully saturated rings. The topological polar surface area (TPSA) is 120 Å². The first kappa shape index (κ1) is 24.1. The van der Waals surface area contributed by atoms with Gasteiger partial charge in [0.2, 0.25) is 5.91 Å². The van der Waals surface area contributed by atoms with Gasteiger partial charge in [0.25, 0.3) is 0 Å². The van der Waals surface area contributed by atoms with E-state index in [1.54, 1.807) is 6.92 Å². The molecule has 2 aromatic rings. The van der Waals surface area contributed by atoms with Crippen molar-refractivity contribution in [3.63, 3.8) is 0 Å². The third kappa shape index (κ3) is 7.24. The van der Waals surface area contributed by atoms with Gasteiger partial charge < -0.3 is 15.7 Å². The van der Waals surface area contributed by atoms with E-state index in [-0.39, 0.29) is 35.4 Å². The Morgan fingerprint density at radius 1 is 1.19 bits per heavy atom. The Morgan fingerprint density at radius 3 is 2.23 bits per heavy atom. The highest BCUT2D eigenvalue weighted by Crippen LogP contribution is 2.34. The number of carboxylic acid groups (broad SMARTS) is 1. The Labute approximate surface area is 171 Å². The normalized spacial score (nSPS) is 16.0. The van der Waals surface area contributed by atoms with Crippen LogP contribution in [0.1, 0.15) is 24.2 Å². The molecule has 1 atom stereocenters. The maximum Gasteiger partial charge on any atom is 0.490 e. The van der Waals surface area contributed by atoms with Gasteiger partial charge in [-0.3, -0.25) is 9.89 Å². The minimum Gasteiger partial charge on any atom is -0.475 e. The van der Waals surface area contributed by atoms with Crippen molar-refractivity contribution in [2.45, 2.75) is 38.2 Å². The first-order chi connectivity index (χ1) is 14.3. The molecule has 1 aliphatic rings. The standard InChI is InChI=1S/C15H16F3N5O.C2HF3O2/c1-8-20-14(23-22-8)9-4-10(15(16,17)18)6-12(5-9)21-13(24)7-11-2-3-19-11;3-2(4,5)1(6)7/h4-6,11,19H,2-3,7H2,1H3,(H,21,24)(H,20,22,23);(H,6,7). The number of alkyl halides is 6. The molecule has 0 spiro atoms. The van der Waals surface area contributed by atoms with Crippen molar-refractivity contribution < 1.29 is 41.0 Å². The van der Waals surface area contributed by atoms with Crippen LogP contribution in [0.15, 0.2) is 18.2 Å². The zero-order valence-electron chi connectivity index (χ0n) is 15.9. The number of carbonyl (C=O) groups excluding carboxylic acids is 1. The molecule has 8 nitrogen and oxygen atoms in total. The number of aryl methyl sites for hydroxylation is 1. The maximum absolute atomic E-state index is 13.1. The molecule has 1 aromatic carbocycles. The van der Waals surface area contributed by atoms with Crippen LogP contribution in [0.2, 0.25) is 0 Å². The molecule has 0 aliphatic carbocycles. The first-order valence-corrected chi connectivity index (χ1v) is 8.70. The lowest BCUT2D eigenvalue weighted by atomic mass is 10.0. The number of carboxylic acids is 1. The Bertz CT molecular complexity index is 937. The van der Waals surface area contributed by atoms with Crippen LogP contribution in [0.5, 0.6) is 0 Å². The van der Waals surface area contributed by atoms with Gasteiger partial charge in [-0.1, -0.05) is 0 Å². The van der Waals surface area contributed by atoms with Gasteiger partial charge in [-0.2, -0.15) is 31.4 Å². The van der Waals surface area contributed by atoms with E-state index in [1.165, 1.54) is 6.07 Å². The van der Waals surface area contributed by atoms with Crippen molar-refractivity contribution in [3.05, 3.63) is 29.6 Å². The van der Waals surface area contributed by atoms with E-state index in [4.69, 9.17) is 9.90 Å². The van der Waals surface area contributed by atoms with Gasteiger partial charge in [0, 0.05) is 23.7 Å². The second kappa shape index (κ2) is 9.32. The number of aromatic amines is 1. The van der Waals surface area contributed by atoms with Crippen molar-refractivity contribution in [1.82, 2.24) is 20.5 Å². The zero-order chi connectivity index (χ0) is 23.4. The molecule has 1 aliphatic heterocycles. The van der Waals surface area contributed by atoms with E-state index in [0.717, 1.165) is 25.1 Å². The fourth-order valence-corrected chi connectivity index (χ4v) is 2.42. The highest BCUT2D eigenvalue weighted by molar-refractivity contribution is 5.92. The van der Waals surface area contributed by atoms with Crippen molar-refractivity contribution >= 4 is 17.6 Å². The minimum atomic E-state index is -5.08. The molecular weight excluding hydrogens is 436 g/mol. The molecule has 0 radical (unpaired) electrons. The molecule has 31 heavy (non-hydrogen) atoms. The van der Waals surface area contributed by atoms with Crippen LogP contribution >= 0.6 is 0 Å². The Kier molecular flexibility index (Phi) is 7.25. The summed E-state index contributed by atoms with van der Waals surface area (Å²) < 4.78 is 71.1. The highest BCUT2D eigenvalue weighted by atomic mass is 19.4. The number of nitrogens with zero attached hydrogens (tertiary/aromatic N) is 2. The summed E-state index contributed by atoms with van der Waals surface area (Å²) in [6, 6.07) is 3.40. The van der Waals surface area contributed by atoms with E-state index < -0.39 is 23.9 Å². The summed E-state index contributed by atoms with van der Waals surface area (Å²) in [6.07, 6.45) is -8.50. The molecule has 1 amide bonds. The van der Waals surface area contributed by atoms with E-state index in [9.17, 15) is 31.1 Å². The lowest BCUT2D eigenvalue weighted by Crippen LogP contribution is -2.44. The number of rotatable bonds is 4. The van der Waals surface area contributed by atoms with E-state index in [2.05, 4.69) is 25.8 Å². The number of halogens is 6. The van der Waals surface area contributed by atoms with Crippen molar-refractivity contribution in [2.75, 3.05) is 11.9 Å². The Balaban J connectivity index is 0.000000423. The van der Waals surface area contributed by atoms with Gasteiger partial charge in [0.1, 0.15) is 5.82 Å². The summed E-state index contributed by atoms with van der Waals surface area (Å²) >= 11 is 0. The molecule has 0 bridgehead atoms. The van der Waals surface area contributed by atoms with E-state index in [1.807, 2.05) is 0 Å². The molecule has 1 saturated heterocycles. The summed E-state index contributed by atoms with van der Waals surface area (Å²) in [4.78, 5) is 24.9. The summed E-state index contributed by atoms with van der Waals surface area (Å²) in [5.41, 5.74) is -0.600. The number of carbonyl (C=O) groups is 2. The lowest BCUT2D eigenvalue weighted by Gasteiger charge is -2.26. The zero-order valence-corrected chi connectivity index (χ0v) is 15.9. The quantitative estimate of drug-likeness (QED) is 0.528. The van der Waals surface area contributed by atoms with Gasteiger partial charge in [-0.15, -0.1) is 0 Å². The van der Waals surface area contributed by atoms with Crippen LogP contribution in [-0.4, -0.2) is 50.9 Å². The number of hydrogen-bond acceptors (Lipinski definition) is 5. The van der Waals surface area contributed by atoms with E-state index >= 15 is 0 Å². The predicted molar refractivity (Wildman–Crippen MR) is 94.9 cm³/mol. The largest absolute Gasteiger partial charge is 0.490 e. The van der Waals surface area contributed by atoms with Gasteiger partial charge >= 0.3 is 18.3 Å². The van der Waals surface area contributed by atoms with Crippen LogP contribution in [0, 0.1) is 6.92 Å². The number of aliphatic carboxylic acids is 1. The SMILES string of the molecule is Cc1nc(-c2cc(NC(=O)CC3CCN3)cc(C(F)(F)F)c2)n[nH]1.O=C(O)C(F)(F)F. The number of amides is 1. The van der Waals surface area contributed by atoms with Crippen LogP contribution in [0.4, 0.5) is 32.0 Å². The molecule has 1 unspecified atom stereocenters. The molecular formula is C17H17F6N5O3. The second-order valence-electron chi connectivity index (χ2n) is 6.54. The summed E-state index contributed by atoms with van der Waals surface area (Å²) in [7, 11) is 0. The third-order valence-electron chi connectivity index (χ3n) is 4.00. The molecule has 0 saturated carbocycles. The number of H-pyrrole nitrogens is 1.